The first kappa shape index (κ1) is 17.4. The van der Waals surface area contributed by atoms with Gasteiger partial charge in [-0.15, -0.1) is 0 Å². The molecule has 2 heterocycles. The van der Waals surface area contributed by atoms with Crippen molar-refractivity contribution in [2.75, 3.05) is 31.2 Å². The van der Waals surface area contributed by atoms with Crippen LogP contribution in [0.5, 0.6) is 0 Å². The van der Waals surface area contributed by atoms with Gasteiger partial charge in [-0.2, -0.15) is 0 Å². The number of anilines is 1. The highest BCUT2D eigenvalue weighted by atomic mass is 19.1. The number of halogens is 1. The highest BCUT2D eigenvalue weighted by Gasteiger charge is 2.16. The van der Waals surface area contributed by atoms with Crippen molar-refractivity contribution >= 4 is 28.6 Å². The first-order chi connectivity index (χ1) is 13.2. The van der Waals surface area contributed by atoms with E-state index in [-0.39, 0.29) is 11.3 Å². The third kappa shape index (κ3) is 3.73. The Kier molecular flexibility index (Phi) is 4.94. The fourth-order valence-electron chi connectivity index (χ4n) is 3.19. The Labute approximate surface area is 156 Å². The van der Waals surface area contributed by atoms with Crippen LogP contribution < -0.4 is 4.90 Å². The smallest absolute Gasteiger partial charge is 0.188 e. The third-order valence-electron chi connectivity index (χ3n) is 4.60. The van der Waals surface area contributed by atoms with E-state index < -0.39 is 5.82 Å². The van der Waals surface area contributed by atoms with Crippen molar-refractivity contribution < 1.29 is 13.9 Å². The molecule has 4 nitrogen and oxygen atoms in total. The molecular weight excluding hydrogens is 343 g/mol. The molecule has 0 aliphatic carbocycles. The molecule has 0 bridgehead atoms. The van der Waals surface area contributed by atoms with Gasteiger partial charge in [-0.3, -0.25) is 4.79 Å². The molecule has 136 valence electrons. The molecule has 4 rings (SSSR count). The molecule has 2 aromatic carbocycles. The lowest BCUT2D eigenvalue weighted by atomic mass is 10.1. The number of carbonyl (C=O) groups is 1. The SMILES string of the molecule is O=C(/C=C/c1cc2ccccc2nc1N1CCOCC1)c1ccccc1F. The molecule has 0 unspecified atom stereocenters. The van der Waals surface area contributed by atoms with E-state index in [9.17, 15) is 9.18 Å². The molecule has 27 heavy (non-hydrogen) atoms. The fraction of sp³-hybridized carbons (Fsp3) is 0.182. The highest BCUT2D eigenvalue weighted by molar-refractivity contribution is 6.07. The van der Waals surface area contributed by atoms with Crippen LogP contribution in [0.25, 0.3) is 17.0 Å². The first-order valence-electron chi connectivity index (χ1n) is 8.92. The molecule has 1 aliphatic rings. The molecule has 0 saturated carbocycles. The van der Waals surface area contributed by atoms with E-state index in [1.54, 1.807) is 18.2 Å². The van der Waals surface area contributed by atoms with E-state index in [4.69, 9.17) is 9.72 Å². The number of para-hydroxylation sites is 1. The number of morpholine rings is 1. The van der Waals surface area contributed by atoms with Crippen LogP contribution >= 0.6 is 0 Å². The summed E-state index contributed by atoms with van der Waals surface area (Å²) in [4.78, 5) is 19.4. The van der Waals surface area contributed by atoms with Crippen molar-refractivity contribution in [3.05, 3.63) is 77.6 Å². The lowest BCUT2D eigenvalue weighted by molar-refractivity contribution is 0.104. The van der Waals surface area contributed by atoms with Gasteiger partial charge in [0.2, 0.25) is 0 Å². The molecule has 0 atom stereocenters. The van der Waals surface area contributed by atoms with Gasteiger partial charge in [0, 0.05) is 24.0 Å². The summed E-state index contributed by atoms with van der Waals surface area (Å²) >= 11 is 0. The second kappa shape index (κ2) is 7.68. The molecule has 1 saturated heterocycles. The topological polar surface area (TPSA) is 42.4 Å². The average molecular weight is 362 g/mol. The van der Waals surface area contributed by atoms with Gasteiger partial charge < -0.3 is 9.64 Å². The summed E-state index contributed by atoms with van der Waals surface area (Å²) in [7, 11) is 0. The van der Waals surface area contributed by atoms with Crippen molar-refractivity contribution in [1.82, 2.24) is 4.98 Å². The Bertz CT molecular complexity index is 1010. The quantitative estimate of drug-likeness (QED) is 0.518. The number of ketones is 1. The van der Waals surface area contributed by atoms with Crippen LogP contribution in [-0.2, 0) is 4.74 Å². The van der Waals surface area contributed by atoms with Gasteiger partial charge in [-0.25, -0.2) is 9.37 Å². The number of benzene rings is 2. The lowest BCUT2D eigenvalue weighted by Crippen LogP contribution is -2.37. The number of rotatable bonds is 4. The van der Waals surface area contributed by atoms with Gasteiger partial charge in [0.15, 0.2) is 5.78 Å². The molecule has 1 aromatic heterocycles. The normalized spacial score (nSPS) is 14.8. The summed E-state index contributed by atoms with van der Waals surface area (Å²) in [6, 6.07) is 15.9. The molecule has 5 heteroatoms. The number of hydrogen-bond acceptors (Lipinski definition) is 4. The van der Waals surface area contributed by atoms with Crippen LogP contribution in [-0.4, -0.2) is 37.1 Å². The number of fused-ring (bicyclic) bond motifs is 1. The second-order valence-corrected chi connectivity index (χ2v) is 6.37. The summed E-state index contributed by atoms with van der Waals surface area (Å²) in [6.07, 6.45) is 3.13. The van der Waals surface area contributed by atoms with E-state index in [2.05, 4.69) is 4.90 Å². The molecule has 0 N–H and O–H groups in total. The molecule has 3 aromatic rings. The van der Waals surface area contributed by atoms with Crippen LogP contribution in [0.2, 0.25) is 0 Å². The number of ether oxygens (including phenoxy) is 1. The fourth-order valence-corrected chi connectivity index (χ4v) is 3.19. The minimum absolute atomic E-state index is 0.0652. The Morgan fingerprint density at radius 1 is 1.07 bits per heavy atom. The number of carbonyl (C=O) groups excluding carboxylic acids is 1. The van der Waals surface area contributed by atoms with Crippen molar-refractivity contribution in [1.29, 1.82) is 0 Å². The number of pyridine rings is 1. The predicted octanol–water partition coefficient (Wildman–Crippen LogP) is 4.11. The molecular formula is C22H19FN2O2. The predicted molar refractivity (Wildman–Crippen MR) is 105 cm³/mol. The number of hydrogen-bond donors (Lipinski definition) is 0. The van der Waals surface area contributed by atoms with Gasteiger partial charge in [0.05, 0.1) is 24.3 Å². The van der Waals surface area contributed by atoms with E-state index >= 15 is 0 Å². The van der Waals surface area contributed by atoms with Gasteiger partial charge in [0.25, 0.3) is 0 Å². The summed E-state index contributed by atoms with van der Waals surface area (Å²) in [5.41, 5.74) is 1.80. The maximum absolute atomic E-state index is 13.9. The van der Waals surface area contributed by atoms with Gasteiger partial charge in [-0.05, 0) is 36.4 Å². The monoisotopic (exact) mass is 362 g/mol. The molecule has 0 spiro atoms. The second-order valence-electron chi connectivity index (χ2n) is 6.37. The van der Waals surface area contributed by atoms with Crippen LogP contribution in [0, 0.1) is 5.82 Å². The molecule has 0 radical (unpaired) electrons. The number of nitrogens with zero attached hydrogens (tertiary/aromatic N) is 2. The zero-order valence-corrected chi connectivity index (χ0v) is 14.8. The minimum atomic E-state index is -0.516. The largest absolute Gasteiger partial charge is 0.378 e. The summed E-state index contributed by atoms with van der Waals surface area (Å²) in [6.45, 7) is 2.78. The van der Waals surface area contributed by atoms with E-state index in [0.717, 1.165) is 35.4 Å². The summed E-state index contributed by atoms with van der Waals surface area (Å²) in [5.74, 6) is -0.0686. The van der Waals surface area contributed by atoms with Crippen molar-refractivity contribution in [2.24, 2.45) is 0 Å². The van der Waals surface area contributed by atoms with Crippen molar-refractivity contribution in [2.45, 2.75) is 0 Å². The van der Waals surface area contributed by atoms with Gasteiger partial charge in [0.1, 0.15) is 11.6 Å². The Morgan fingerprint density at radius 3 is 2.63 bits per heavy atom. The maximum Gasteiger partial charge on any atom is 0.188 e. The van der Waals surface area contributed by atoms with Crippen LogP contribution in [0.3, 0.4) is 0 Å². The van der Waals surface area contributed by atoms with Gasteiger partial charge in [-0.1, -0.05) is 30.3 Å². The average Bonchev–Trinajstić information content (AvgIpc) is 2.72. The van der Waals surface area contributed by atoms with Crippen LogP contribution in [0.1, 0.15) is 15.9 Å². The summed E-state index contributed by atoms with van der Waals surface area (Å²) < 4.78 is 19.3. The third-order valence-corrected chi connectivity index (χ3v) is 4.60. The Morgan fingerprint density at radius 2 is 1.81 bits per heavy atom. The standard InChI is InChI=1S/C22H19FN2O2/c23-19-7-3-2-6-18(19)21(26)10-9-17-15-16-5-1-4-8-20(16)24-22(17)25-11-13-27-14-12-25/h1-10,15H,11-14H2/b10-9+. The Balaban J connectivity index is 1.72. The van der Waals surface area contributed by atoms with E-state index in [0.29, 0.717) is 13.2 Å². The molecule has 1 aliphatic heterocycles. The Hall–Kier alpha value is -3.05. The van der Waals surface area contributed by atoms with Crippen LogP contribution in [0.4, 0.5) is 10.2 Å². The minimum Gasteiger partial charge on any atom is -0.378 e. The maximum atomic E-state index is 13.9. The van der Waals surface area contributed by atoms with Gasteiger partial charge >= 0.3 is 0 Å². The van der Waals surface area contributed by atoms with Crippen LogP contribution in [0.15, 0.2) is 60.7 Å². The zero-order chi connectivity index (χ0) is 18.6. The zero-order valence-electron chi connectivity index (χ0n) is 14.8. The first-order valence-corrected chi connectivity index (χ1v) is 8.92. The lowest BCUT2D eigenvalue weighted by Gasteiger charge is -2.29. The molecule has 1 fully saturated rings. The number of allylic oxidation sites excluding steroid dienone is 1. The number of aromatic nitrogens is 1. The van der Waals surface area contributed by atoms with Crippen molar-refractivity contribution in [3.8, 4) is 0 Å². The highest BCUT2D eigenvalue weighted by Crippen LogP contribution is 2.26. The van der Waals surface area contributed by atoms with Crippen molar-refractivity contribution in [3.63, 3.8) is 0 Å². The van der Waals surface area contributed by atoms with E-state index in [1.165, 1.54) is 18.2 Å². The van der Waals surface area contributed by atoms with E-state index in [1.807, 2.05) is 30.3 Å². The summed E-state index contributed by atoms with van der Waals surface area (Å²) in [5, 5.41) is 0.993. The molecule has 0 amide bonds.